The maximum Gasteiger partial charge on any atom is 0.261 e. The Labute approximate surface area is 208 Å². The fourth-order valence-corrected chi connectivity index (χ4v) is 3.98. The number of carbonyl (C=O) groups excluding carboxylic acids is 4. The second kappa shape index (κ2) is 10.3. The molecular weight excluding hydrogens is 462 g/mol. The summed E-state index contributed by atoms with van der Waals surface area (Å²) < 4.78 is 10.5. The lowest BCUT2D eigenvalue weighted by Crippen LogP contribution is -2.35. The molecule has 184 valence electrons. The molecule has 0 saturated heterocycles. The van der Waals surface area contributed by atoms with E-state index in [1.807, 2.05) is 0 Å². The van der Waals surface area contributed by atoms with E-state index in [4.69, 9.17) is 9.47 Å². The minimum absolute atomic E-state index is 0.00331. The highest BCUT2D eigenvalue weighted by molar-refractivity contribution is 6.21. The lowest BCUT2D eigenvalue weighted by Gasteiger charge is -2.20. The van der Waals surface area contributed by atoms with Gasteiger partial charge in [0.25, 0.3) is 17.7 Å². The maximum absolute atomic E-state index is 13.2. The van der Waals surface area contributed by atoms with Gasteiger partial charge in [0.2, 0.25) is 5.91 Å². The summed E-state index contributed by atoms with van der Waals surface area (Å²) in [7, 11) is 4.47. The van der Waals surface area contributed by atoms with Gasteiger partial charge in [-0.05, 0) is 42.0 Å². The molecule has 9 nitrogen and oxygen atoms in total. The molecule has 1 aliphatic rings. The molecule has 0 atom stereocenters. The van der Waals surface area contributed by atoms with Gasteiger partial charge in [-0.1, -0.05) is 24.3 Å². The zero-order valence-corrected chi connectivity index (χ0v) is 20.1. The number of nitrogens with zero attached hydrogens (tertiary/aromatic N) is 2. The van der Waals surface area contributed by atoms with Gasteiger partial charge >= 0.3 is 0 Å². The number of carbonyl (C=O) groups is 4. The van der Waals surface area contributed by atoms with Gasteiger partial charge in [-0.3, -0.25) is 24.1 Å². The minimum atomic E-state index is -0.447. The van der Waals surface area contributed by atoms with Crippen LogP contribution in [-0.4, -0.2) is 61.2 Å². The lowest BCUT2D eigenvalue weighted by atomic mass is 10.1. The zero-order valence-electron chi connectivity index (χ0n) is 20.1. The summed E-state index contributed by atoms with van der Waals surface area (Å²) in [5, 5.41) is 2.73. The van der Waals surface area contributed by atoms with Gasteiger partial charge in [-0.2, -0.15) is 0 Å². The Morgan fingerprint density at radius 2 is 1.58 bits per heavy atom. The number of methoxy groups -OCH3 is 2. The van der Waals surface area contributed by atoms with Gasteiger partial charge in [0.05, 0.1) is 44.0 Å². The van der Waals surface area contributed by atoms with Crippen molar-refractivity contribution in [3.63, 3.8) is 0 Å². The Kier molecular flexibility index (Phi) is 7.00. The van der Waals surface area contributed by atoms with Crippen molar-refractivity contribution in [3.05, 3.63) is 89.0 Å². The third-order valence-corrected chi connectivity index (χ3v) is 5.79. The standard InChI is InChI=1S/C27H25N3O6/c1-29(16-24(31)28-18-7-6-8-19(14-18)35-2)25(32)22-13-17(11-12-23(22)36-3)15-30-26(33)20-9-4-5-10-21(20)27(30)34/h4-14H,15-16H2,1-3H3,(H,28,31). The number of likely N-dealkylation sites (N-methyl/N-ethyl adjacent to an activating group) is 1. The van der Waals surface area contributed by atoms with E-state index in [9.17, 15) is 19.2 Å². The number of hydrogen-bond donors (Lipinski definition) is 1. The van der Waals surface area contributed by atoms with E-state index in [-0.39, 0.29) is 36.4 Å². The topological polar surface area (TPSA) is 105 Å². The van der Waals surface area contributed by atoms with Crippen LogP contribution in [0.25, 0.3) is 0 Å². The number of imide groups is 1. The van der Waals surface area contributed by atoms with Crippen LogP contribution in [0, 0.1) is 0 Å². The Hall–Kier alpha value is -4.66. The summed E-state index contributed by atoms with van der Waals surface area (Å²) in [4.78, 5) is 53.6. The number of anilines is 1. The van der Waals surface area contributed by atoms with E-state index in [1.165, 1.54) is 26.2 Å². The van der Waals surface area contributed by atoms with E-state index in [0.717, 1.165) is 4.90 Å². The first-order valence-corrected chi connectivity index (χ1v) is 11.1. The summed E-state index contributed by atoms with van der Waals surface area (Å²) in [6, 6.07) is 18.4. The van der Waals surface area contributed by atoms with Crippen molar-refractivity contribution in [2.24, 2.45) is 0 Å². The molecule has 4 amide bonds. The molecule has 1 N–H and O–H groups in total. The number of nitrogens with one attached hydrogen (secondary N) is 1. The first-order valence-electron chi connectivity index (χ1n) is 11.1. The summed E-state index contributed by atoms with van der Waals surface area (Å²) >= 11 is 0. The monoisotopic (exact) mass is 487 g/mol. The van der Waals surface area contributed by atoms with Crippen molar-refractivity contribution in [1.29, 1.82) is 0 Å². The fraction of sp³-hybridized carbons (Fsp3) is 0.185. The molecule has 3 aromatic carbocycles. The second-order valence-corrected chi connectivity index (χ2v) is 8.22. The zero-order chi connectivity index (χ0) is 25.8. The smallest absolute Gasteiger partial charge is 0.261 e. The van der Waals surface area contributed by atoms with Crippen LogP contribution in [0.5, 0.6) is 11.5 Å². The van der Waals surface area contributed by atoms with Gasteiger partial charge in [0, 0.05) is 18.8 Å². The molecule has 0 radical (unpaired) electrons. The van der Waals surface area contributed by atoms with Crippen LogP contribution in [0.1, 0.15) is 36.6 Å². The average Bonchev–Trinajstić information content (AvgIpc) is 3.13. The van der Waals surface area contributed by atoms with E-state index in [2.05, 4.69) is 5.32 Å². The van der Waals surface area contributed by atoms with Gasteiger partial charge in [-0.15, -0.1) is 0 Å². The van der Waals surface area contributed by atoms with Crippen molar-refractivity contribution >= 4 is 29.3 Å². The maximum atomic E-state index is 13.2. The highest BCUT2D eigenvalue weighted by atomic mass is 16.5. The third-order valence-electron chi connectivity index (χ3n) is 5.79. The van der Waals surface area contributed by atoms with Crippen LogP contribution >= 0.6 is 0 Å². The molecular formula is C27H25N3O6. The predicted octanol–water partition coefficient (Wildman–Crippen LogP) is 3.21. The Bertz CT molecular complexity index is 1320. The second-order valence-electron chi connectivity index (χ2n) is 8.22. The molecule has 0 bridgehead atoms. The largest absolute Gasteiger partial charge is 0.497 e. The van der Waals surface area contributed by atoms with Crippen LogP contribution in [0.2, 0.25) is 0 Å². The van der Waals surface area contributed by atoms with Crippen molar-refractivity contribution in [1.82, 2.24) is 9.80 Å². The quantitative estimate of drug-likeness (QED) is 0.489. The fourth-order valence-electron chi connectivity index (χ4n) is 3.98. The molecule has 0 fully saturated rings. The van der Waals surface area contributed by atoms with Crippen molar-refractivity contribution in [2.45, 2.75) is 6.54 Å². The van der Waals surface area contributed by atoms with Crippen LogP contribution in [0.4, 0.5) is 5.69 Å². The molecule has 9 heteroatoms. The predicted molar refractivity (Wildman–Crippen MR) is 132 cm³/mol. The molecule has 0 unspecified atom stereocenters. The molecule has 0 saturated carbocycles. The summed E-state index contributed by atoms with van der Waals surface area (Å²) in [6.45, 7) is -0.210. The van der Waals surface area contributed by atoms with Crippen molar-refractivity contribution < 1.29 is 28.7 Å². The van der Waals surface area contributed by atoms with Crippen LogP contribution in [0.15, 0.2) is 66.7 Å². The number of fused-ring (bicyclic) bond motifs is 1. The summed E-state index contributed by atoms with van der Waals surface area (Å²) in [5.74, 6) is -0.698. The molecule has 4 rings (SSSR count). The van der Waals surface area contributed by atoms with Crippen molar-refractivity contribution in [2.75, 3.05) is 33.1 Å². The molecule has 36 heavy (non-hydrogen) atoms. The van der Waals surface area contributed by atoms with Crippen molar-refractivity contribution in [3.8, 4) is 11.5 Å². The van der Waals surface area contributed by atoms with Crippen LogP contribution < -0.4 is 14.8 Å². The highest BCUT2D eigenvalue weighted by Crippen LogP contribution is 2.27. The first-order chi connectivity index (χ1) is 17.3. The number of benzene rings is 3. The first kappa shape index (κ1) is 24.5. The normalized spacial score (nSPS) is 12.2. The molecule has 1 aliphatic heterocycles. The van der Waals surface area contributed by atoms with E-state index >= 15 is 0 Å². The van der Waals surface area contributed by atoms with E-state index in [1.54, 1.807) is 66.7 Å². The van der Waals surface area contributed by atoms with Gasteiger partial charge in [0.15, 0.2) is 0 Å². The van der Waals surface area contributed by atoms with E-state index in [0.29, 0.717) is 33.9 Å². The summed E-state index contributed by atoms with van der Waals surface area (Å²) in [6.07, 6.45) is 0. The minimum Gasteiger partial charge on any atom is -0.497 e. The van der Waals surface area contributed by atoms with Crippen LogP contribution in [-0.2, 0) is 11.3 Å². The van der Waals surface area contributed by atoms with Gasteiger partial charge < -0.3 is 19.7 Å². The average molecular weight is 488 g/mol. The number of amides is 4. The molecule has 0 aliphatic carbocycles. The Morgan fingerprint density at radius 3 is 2.22 bits per heavy atom. The highest BCUT2D eigenvalue weighted by Gasteiger charge is 2.35. The number of hydrogen-bond acceptors (Lipinski definition) is 6. The third kappa shape index (κ3) is 4.90. The Morgan fingerprint density at radius 1 is 0.889 bits per heavy atom. The number of ether oxygens (including phenoxy) is 2. The van der Waals surface area contributed by atoms with Gasteiger partial charge in [0.1, 0.15) is 11.5 Å². The SMILES string of the molecule is COc1cccc(NC(=O)CN(C)C(=O)c2cc(CN3C(=O)c4ccccc4C3=O)ccc2OC)c1. The molecule has 0 aromatic heterocycles. The number of rotatable bonds is 8. The van der Waals surface area contributed by atoms with E-state index < -0.39 is 5.91 Å². The molecule has 0 spiro atoms. The lowest BCUT2D eigenvalue weighted by molar-refractivity contribution is -0.116. The summed E-state index contributed by atoms with van der Waals surface area (Å²) in [5.41, 5.74) is 2.04. The molecule has 3 aromatic rings. The Balaban J connectivity index is 1.48. The van der Waals surface area contributed by atoms with Crippen LogP contribution in [0.3, 0.4) is 0 Å². The molecule has 1 heterocycles. The van der Waals surface area contributed by atoms with Gasteiger partial charge in [-0.25, -0.2) is 0 Å².